The van der Waals surface area contributed by atoms with E-state index in [0.29, 0.717) is 29.4 Å². The third-order valence-electron chi connectivity index (χ3n) is 4.65. The Hall–Kier alpha value is -2.79. The number of benzene rings is 2. The van der Waals surface area contributed by atoms with Crippen LogP contribution in [0.4, 0.5) is 0 Å². The molecule has 6 heteroatoms. The fourth-order valence-corrected chi connectivity index (χ4v) is 3.41. The molecule has 3 rings (SSSR count). The van der Waals surface area contributed by atoms with Crippen molar-refractivity contribution in [2.24, 2.45) is 0 Å². The summed E-state index contributed by atoms with van der Waals surface area (Å²) in [4.78, 5) is 12.7. The molecule has 1 heterocycles. The lowest BCUT2D eigenvalue weighted by molar-refractivity contribution is -0.654. The first-order valence-electron chi connectivity index (χ1n) is 9.11. The van der Waals surface area contributed by atoms with Crippen molar-refractivity contribution in [2.75, 3.05) is 25.5 Å². The summed E-state index contributed by atoms with van der Waals surface area (Å²) >= 11 is 5.96. The molecule has 0 spiro atoms. The average molecular weight is 400 g/mol. The number of hydrogen-bond donors (Lipinski definition) is 1. The van der Waals surface area contributed by atoms with Gasteiger partial charge in [-0.1, -0.05) is 22.9 Å². The van der Waals surface area contributed by atoms with Crippen molar-refractivity contribution >= 4 is 28.3 Å². The quantitative estimate of drug-likeness (QED) is 0.482. The SMILES string of the molecule is COc1cc2cc(C)[n+](NC(=O)c3ccccc3)c(CCCCl)c2cc1OC. The summed E-state index contributed by atoms with van der Waals surface area (Å²) in [7, 11) is 3.23. The molecule has 5 nitrogen and oxygen atoms in total. The van der Waals surface area contributed by atoms with Crippen LogP contribution >= 0.6 is 11.6 Å². The summed E-state index contributed by atoms with van der Waals surface area (Å²) in [6.45, 7) is 1.96. The van der Waals surface area contributed by atoms with Crippen LogP contribution in [0.5, 0.6) is 11.5 Å². The first kappa shape index (κ1) is 20.0. The summed E-state index contributed by atoms with van der Waals surface area (Å²) in [5.41, 5.74) is 5.51. The summed E-state index contributed by atoms with van der Waals surface area (Å²) in [5.74, 6) is 1.69. The molecule has 2 aromatic carbocycles. The maximum atomic E-state index is 12.7. The Kier molecular flexibility index (Phi) is 6.37. The number of hydrogen-bond acceptors (Lipinski definition) is 3. The molecule has 0 bridgehead atoms. The lowest BCUT2D eigenvalue weighted by atomic mass is 10.0. The van der Waals surface area contributed by atoms with E-state index < -0.39 is 0 Å². The number of methoxy groups -OCH3 is 2. The molecular formula is C22H24ClN2O3+. The number of alkyl halides is 1. The molecule has 28 heavy (non-hydrogen) atoms. The van der Waals surface area contributed by atoms with Gasteiger partial charge >= 0.3 is 5.91 Å². The zero-order valence-corrected chi connectivity index (χ0v) is 17.0. The van der Waals surface area contributed by atoms with Crippen molar-refractivity contribution in [3.63, 3.8) is 0 Å². The number of fused-ring (bicyclic) bond motifs is 1. The van der Waals surface area contributed by atoms with Gasteiger partial charge in [-0.3, -0.25) is 4.79 Å². The van der Waals surface area contributed by atoms with Crippen molar-refractivity contribution in [3.8, 4) is 11.5 Å². The number of rotatable bonds is 7. The third-order valence-corrected chi connectivity index (χ3v) is 4.92. The molecule has 0 aliphatic heterocycles. The molecule has 146 valence electrons. The van der Waals surface area contributed by atoms with Crippen LogP contribution in [0.1, 0.15) is 28.2 Å². The number of aryl methyl sites for hydroxylation is 2. The second kappa shape index (κ2) is 8.93. The van der Waals surface area contributed by atoms with Crippen LogP contribution in [-0.4, -0.2) is 26.0 Å². The van der Waals surface area contributed by atoms with Gasteiger partial charge < -0.3 is 9.47 Å². The molecular weight excluding hydrogens is 376 g/mol. The average Bonchev–Trinajstić information content (AvgIpc) is 2.73. The maximum absolute atomic E-state index is 12.7. The van der Waals surface area contributed by atoms with Crippen LogP contribution in [-0.2, 0) is 6.42 Å². The van der Waals surface area contributed by atoms with Gasteiger partial charge in [-0.25, -0.2) is 0 Å². The van der Waals surface area contributed by atoms with Crippen LogP contribution < -0.4 is 19.6 Å². The Morgan fingerprint density at radius 2 is 1.75 bits per heavy atom. The zero-order chi connectivity index (χ0) is 20.1. The molecule has 1 amide bonds. The van der Waals surface area contributed by atoms with E-state index in [0.717, 1.165) is 28.6 Å². The van der Waals surface area contributed by atoms with Crippen molar-refractivity contribution in [2.45, 2.75) is 19.8 Å². The van der Waals surface area contributed by atoms with Gasteiger partial charge in [-0.05, 0) is 36.1 Å². The summed E-state index contributed by atoms with van der Waals surface area (Å²) in [5, 5.41) is 2.01. The summed E-state index contributed by atoms with van der Waals surface area (Å²) < 4.78 is 12.8. The number of carbonyl (C=O) groups is 1. The first-order chi connectivity index (χ1) is 13.6. The number of halogens is 1. The molecule has 0 unspecified atom stereocenters. The van der Waals surface area contributed by atoms with Gasteiger partial charge in [0.15, 0.2) is 11.5 Å². The lowest BCUT2D eigenvalue weighted by Gasteiger charge is -2.13. The van der Waals surface area contributed by atoms with Crippen LogP contribution in [0, 0.1) is 6.92 Å². The smallest absolute Gasteiger partial charge is 0.305 e. The Balaban J connectivity index is 2.14. The number of carbonyl (C=O) groups excluding carboxylic acids is 1. The summed E-state index contributed by atoms with van der Waals surface area (Å²) in [6.07, 6.45) is 1.50. The normalized spacial score (nSPS) is 10.7. The number of amides is 1. The predicted octanol–water partition coefficient (Wildman–Crippen LogP) is 4.01. The lowest BCUT2D eigenvalue weighted by Crippen LogP contribution is -2.53. The fraction of sp³-hybridized carbons (Fsp3) is 0.273. The van der Waals surface area contributed by atoms with E-state index in [9.17, 15) is 4.79 Å². The van der Waals surface area contributed by atoms with Gasteiger partial charge in [0.05, 0.1) is 19.6 Å². The topological polar surface area (TPSA) is 51.4 Å². The van der Waals surface area contributed by atoms with E-state index >= 15 is 0 Å². The van der Waals surface area contributed by atoms with Gasteiger partial charge in [0, 0.05) is 30.9 Å². The summed E-state index contributed by atoms with van der Waals surface area (Å²) in [6, 6.07) is 15.1. The number of nitrogens with zero attached hydrogens (tertiary/aromatic N) is 1. The first-order valence-corrected chi connectivity index (χ1v) is 9.65. The third kappa shape index (κ3) is 4.04. The number of nitrogens with one attached hydrogen (secondary N) is 1. The van der Waals surface area contributed by atoms with Gasteiger partial charge in [0.25, 0.3) is 0 Å². The molecule has 1 aromatic heterocycles. The Morgan fingerprint density at radius 1 is 1.07 bits per heavy atom. The standard InChI is InChI=1S/C22H23ClN2O3/c1-15-12-17-13-20(27-2)21(28-3)14-18(17)19(10-7-11-23)25(15)24-22(26)16-8-5-4-6-9-16/h4-6,8-9,12-14H,7,10-11H2,1-3H3/p+1. The minimum Gasteiger partial charge on any atom is -0.493 e. The highest BCUT2D eigenvalue weighted by Gasteiger charge is 2.23. The van der Waals surface area contributed by atoms with Crippen LogP contribution in [0.15, 0.2) is 48.5 Å². The number of ether oxygens (including phenoxy) is 2. The molecule has 0 fully saturated rings. The van der Waals surface area contributed by atoms with E-state index in [1.165, 1.54) is 0 Å². The van der Waals surface area contributed by atoms with E-state index in [1.807, 2.05) is 48.0 Å². The van der Waals surface area contributed by atoms with Crippen molar-refractivity contribution in [1.29, 1.82) is 0 Å². The van der Waals surface area contributed by atoms with Gasteiger partial charge in [-0.15, -0.1) is 17.0 Å². The largest absolute Gasteiger partial charge is 0.493 e. The highest BCUT2D eigenvalue weighted by molar-refractivity contribution is 6.17. The Bertz CT molecular complexity index is 990. The number of aromatic nitrogens is 1. The second-order valence-corrected chi connectivity index (χ2v) is 6.84. The van der Waals surface area contributed by atoms with Crippen molar-refractivity contribution in [3.05, 3.63) is 65.5 Å². The second-order valence-electron chi connectivity index (χ2n) is 6.46. The molecule has 0 atom stereocenters. The minimum atomic E-state index is -0.166. The molecule has 3 aromatic rings. The number of pyridine rings is 1. The van der Waals surface area contributed by atoms with E-state index in [1.54, 1.807) is 26.4 Å². The molecule has 0 saturated carbocycles. The highest BCUT2D eigenvalue weighted by atomic mass is 35.5. The van der Waals surface area contributed by atoms with E-state index in [4.69, 9.17) is 21.1 Å². The fourth-order valence-electron chi connectivity index (χ4n) is 3.28. The van der Waals surface area contributed by atoms with E-state index in [-0.39, 0.29) is 5.91 Å². The molecule has 0 saturated heterocycles. The Labute approximate surface area is 169 Å². The van der Waals surface area contributed by atoms with Crippen LogP contribution in [0.2, 0.25) is 0 Å². The van der Waals surface area contributed by atoms with Crippen molar-refractivity contribution in [1.82, 2.24) is 0 Å². The van der Waals surface area contributed by atoms with Gasteiger partial charge in [0.2, 0.25) is 11.4 Å². The van der Waals surface area contributed by atoms with E-state index in [2.05, 4.69) is 5.43 Å². The van der Waals surface area contributed by atoms with Crippen LogP contribution in [0.25, 0.3) is 10.8 Å². The molecule has 1 N–H and O–H groups in total. The predicted molar refractivity (Wildman–Crippen MR) is 111 cm³/mol. The van der Waals surface area contributed by atoms with Crippen molar-refractivity contribution < 1.29 is 18.9 Å². The highest BCUT2D eigenvalue weighted by Crippen LogP contribution is 2.33. The zero-order valence-electron chi connectivity index (χ0n) is 16.3. The Morgan fingerprint density at radius 3 is 2.39 bits per heavy atom. The molecule has 0 radical (unpaired) electrons. The van der Waals surface area contributed by atoms with Gasteiger partial charge in [-0.2, -0.15) is 0 Å². The van der Waals surface area contributed by atoms with Gasteiger partial charge in [0.1, 0.15) is 0 Å². The molecule has 0 aliphatic carbocycles. The minimum absolute atomic E-state index is 0.166. The molecule has 0 aliphatic rings. The monoisotopic (exact) mass is 399 g/mol. The van der Waals surface area contributed by atoms with Crippen LogP contribution in [0.3, 0.4) is 0 Å². The maximum Gasteiger partial charge on any atom is 0.305 e.